The largest absolute Gasteiger partial charge is 0.476 e. The van der Waals surface area contributed by atoms with Crippen LogP contribution in [-0.4, -0.2) is 27.6 Å². The molecule has 1 aromatic heterocycles. The summed E-state index contributed by atoms with van der Waals surface area (Å²) in [5, 5.41) is 11.8. The van der Waals surface area contributed by atoms with Gasteiger partial charge in [-0.1, -0.05) is 19.3 Å². The van der Waals surface area contributed by atoms with Crippen molar-refractivity contribution in [2.75, 3.05) is 11.9 Å². The quantitative estimate of drug-likeness (QED) is 0.792. The Balaban J connectivity index is 1.78. The molecule has 1 aromatic rings. The summed E-state index contributed by atoms with van der Waals surface area (Å²) < 4.78 is 0. The van der Waals surface area contributed by atoms with E-state index in [9.17, 15) is 4.79 Å². The second-order valence-electron chi connectivity index (χ2n) is 4.10. The Kier molecular flexibility index (Phi) is 3.34. The second kappa shape index (κ2) is 4.92. The van der Waals surface area contributed by atoms with Crippen LogP contribution in [0.1, 0.15) is 36.2 Å². The van der Waals surface area contributed by atoms with E-state index < -0.39 is 5.97 Å². The maximum Gasteiger partial charge on any atom is 0.356 e. The van der Waals surface area contributed by atoms with Crippen molar-refractivity contribution in [2.45, 2.75) is 25.7 Å². The Morgan fingerprint density at radius 3 is 2.75 bits per heavy atom. The van der Waals surface area contributed by atoms with E-state index >= 15 is 0 Å². The number of carbonyl (C=O) groups is 1. The van der Waals surface area contributed by atoms with Crippen molar-refractivity contribution < 1.29 is 9.90 Å². The van der Waals surface area contributed by atoms with Gasteiger partial charge in [-0.2, -0.15) is 0 Å². The van der Waals surface area contributed by atoms with Crippen molar-refractivity contribution in [1.82, 2.24) is 9.97 Å². The van der Waals surface area contributed by atoms with Gasteiger partial charge in [-0.3, -0.25) is 0 Å². The maximum atomic E-state index is 10.5. The summed E-state index contributed by atoms with van der Waals surface area (Å²) in [6, 6.07) is 0. The highest BCUT2D eigenvalue weighted by atomic mass is 16.4. The molecule has 0 radical (unpaired) electrons. The van der Waals surface area contributed by atoms with Gasteiger partial charge in [0, 0.05) is 6.54 Å². The van der Waals surface area contributed by atoms with Gasteiger partial charge in [0.2, 0.25) is 0 Å². The first-order valence-corrected chi connectivity index (χ1v) is 5.55. The zero-order valence-electron chi connectivity index (χ0n) is 9.02. The van der Waals surface area contributed by atoms with Crippen LogP contribution in [0, 0.1) is 5.92 Å². The highest BCUT2D eigenvalue weighted by molar-refractivity contribution is 5.84. The van der Waals surface area contributed by atoms with Gasteiger partial charge in [0.15, 0.2) is 5.69 Å². The SMILES string of the molecule is O=C(O)c1cnc(NCCC2CCC2)cn1. The highest BCUT2D eigenvalue weighted by Crippen LogP contribution is 2.28. The number of aromatic carboxylic acids is 1. The van der Waals surface area contributed by atoms with Crippen LogP contribution in [0.15, 0.2) is 12.4 Å². The zero-order valence-corrected chi connectivity index (χ0v) is 9.02. The minimum atomic E-state index is -1.05. The van der Waals surface area contributed by atoms with Crippen LogP contribution in [0.2, 0.25) is 0 Å². The minimum Gasteiger partial charge on any atom is -0.476 e. The number of nitrogens with one attached hydrogen (secondary N) is 1. The summed E-state index contributed by atoms with van der Waals surface area (Å²) in [7, 11) is 0. The van der Waals surface area contributed by atoms with Gasteiger partial charge >= 0.3 is 5.97 Å². The molecule has 0 aliphatic heterocycles. The predicted octanol–water partition coefficient (Wildman–Crippen LogP) is 1.78. The molecule has 1 aliphatic rings. The van der Waals surface area contributed by atoms with Crippen LogP contribution >= 0.6 is 0 Å². The monoisotopic (exact) mass is 221 g/mol. The first kappa shape index (κ1) is 10.9. The van der Waals surface area contributed by atoms with Crippen molar-refractivity contribution >= 4 is 11.8 Å². The van der Waals surface area contributed by atoms with E-state index in [2.05, 4.69) is 15.3 Å². The molecule has 16 heavy (non-hydrogen) atoms. The van der Waals surface area contributed by atoms with Gasteiger partial charge in [0.05, 0.1) is 12.4 Å². The Labute approximate surface area is 93.9 Å². The molecule has 1 saturated carbocycles. The minimum absolute atomic E-state index is 0.0236. The van der Waals surface area contributed by atoms with Crippen LogP contribution in [0.4, 0.5) is 5.82 Å². The van der Waals surface area contributed by atoms with E-state index in [0.29, 0.717) is 5.82 Å². The smallest absolute Gasteiger partial charge is 0.356 e. The van der Waals surface area contributed by atoms with Crippen LogP contribution in [-0.2, 0) is 0 Å². The Hall–Kier alpha value is -1.65. The number of nitrogens with zero attached hydrogens (tertiary/aromatic N) is 2. The molecule has 0 atom stereocenters. The molecular weight excluding hydrogens is 206 g/mol. The van der Waals surface area contributed by atoms with Crippen LogP contribution < -0.4 is 5.32 Å². The molecule has 0 spiro atoms. The van der Waals surface area contributed by atoms with Crippen molar-refractivity contribution in [2.24, 2.45) is 5.92 Å². The standard InChI is InChI=1S/C11H15N3O2/c15-11(16)9-6-14-10(7-13-9)12-5-4-8-2-1-3-8/h6-8H,1-5H2,(H,12,14)(H,15,16). The van der Waals surface area contributed by atoms with E-state index in [4.69, 9.17) is 5.11 Å². The zero-order chi connectivity index (χ0) is 11.4. The summed E-state index contributed by atoms with van der Waals surface area (Å²) in [5.41, 5.74) is -0.0236. The van der Waals surface area contributed by atoms with Crippen molar-refractivity contribution in [3.63, 3.8) is 0 Å². The number of hydrogen-bond acceptors (Lipinski definition) is 4. The number of carboxylic acids is 1. The fourth-order valence-corrected chi connectivity index (χ4v) is 1.72. The molecule has 0 amide bonds. The number of aromatic nitrogens is 2. The summed E-state index contributed by atoms with van der Waals surface area (Å²) in [6.07, 6.45) is 7.93. The molecule has 1 fully saturated rings. The molecule has 86 valence electrons. The predicted molar refractivity (Wildman–Crippen MR) is 59.4 cm³/mol. The lowest BCUT2D eigenvalue weighted by Gasteiger charge is -2.25. The number of rotatable bonds is 5. The third-order valence-electron chi connectivity index (χ3n) is 2.95. The Morgan fingerprint density at radius 2 is 2.25 bits per heavy atom. The molecule has 0 bridgehead atoms. The molecule has 2 N–H and O–H groups in total. The molecule has 0 aromatic carbocycles. The van der Waals surface area contributed by atoms with Crippen LogP contribution in [0.25, 0.3) is 0 Å². The van der Waals surface area contributed by atoms with E-state index in [1.165, 1.54) is 31.7 Å². The average Bonchev–Trinajstić information content (AvgIpc) is 2.22. The van der Waals surface area contributed by atoms with E-state index in [1.807, 2.05) is 0 Å². The maximum absolute atomic E-state index is 10.5. The molecule has 5 heteroatoms. The van der Waals surface area contributed by atoms with Gasteiger partial charge in [0.1, 0.15) is 5.82 Å². The second-order valence-corrected chi connectivity index (χ2v) is 4.10. The average molecular weight is 221 g/mol. The Bertz CT molecular complexity index is 360. The van der Waals surface area contributed by atoms with E-state index in [-0.39, 0.29) is 5.69 Å². The molecule has 1 aliphatic carbocycles. The fraction of sp³-hybridized carbons (Fsp3) is 0.545. The summed E-state index contributed by atoms with van der Waals surface area (Å²) in [6.45, 7) is 0.881. The van der Waals surface area contributed by atoms with Gasteiger partial charge in [-0.25, -0.2) is 14.8 Å². The molecule has 1 heterocycles. The lowest BCUT2D eigenvalue weighted by Crippen LogP contribution is -2.16. The first-order chi connectivity index (χ1) is 7.75. The summed E-state index contributed by atoms with van der Waals surface area (Å²) >= 11 is 0. The summed E-state index contributed by atoms with van der Waals surface area (Å²) in [4.78, 5) is 18.3. The topological polar surface area (TPSA) is 75.1 Å². The Morgan fingerprint density at radius 1 is 1.44 bits per heavy atom. The number of carboxylic acid groups (broad SMARTS) is 1. The van der Waals surface area contributed by atoms with Gasteiger partial charge < -0.3 is 10.4 Å². The van der Waals surface area contributed by atoms with E-state index in [1.54, 1.807) is 0 Å². The highest BCUT2D eigenvalue weighted by Gasteiger charge is 2.16. The first-order valence-electron chi connectivity index (χ1n) is 5.55. The van der Waals surface area contributed by atoms with Gasteiger partial charge in [-0.15, -0.1) is 0 Å². The lowest BCUT2D eigenvalue weighted by atomic mass is 9.83. The molecule has 5 nitrogen and oxygen atoms in total. The summed E-state index contributed by atoms with van der Waals surface area (Å²) in [5.74, 6) is 0.455. The third-order valence-corrected chi connectivity index (χ3v) is 2.95. The van der Waals surface area contributed by atoms with Crippen molar-refractivity contribution in [3.05, 3.63) is 18.1 Å². The van der Waals surface area contributed by atoms with Gasteiger partial charge in [-0.05, 0) is 12.3 Å². The molecule has 2 rings (SSSR count). The third kappa shape index (κ3) is 2.68. The molecule has 0 unspecified atom stereocenters. The fourth-order valence-electron chi connectivity index (χ4n) is 1.72. The molecular formula is C11H15N3O2. The van der Waals surface area contributed by atoms with E-state index in [0.717, 1.165) is 18.9 Å². The number of anilines is 1. The van der Waals surface area contributed by atoms with Gasteiger partial charge in [0.25, 0.3) is 0 Å². The molecule has 0 saturated heterocycles. The number of hydrogen-bond donors (Lipinski definition) is 2. The lowest BCUT2D eigenvalue weighted by molar-refractivity contribution is 0.0690. The normalized spacial score (nSPS) is 15.5. The van der Waals surface area contributed by atoms with Crippen LogP contribution in [0.3, 0.4) is 0 Å². The van der Waals surface area contributed by atoms with Crippen molar-refractivity contribution in [3.8, 4) is 0 Å². The van der Waals surface area contributed by atoms with Crippen LogP contribution in [0.5, 0.6) is 0 Å². The van der Waals surface area contributed by atoms with Crippen molar-refractivity contribution in [1.29, 1.82) is 0 Å².